The zero-order valence-corrected chi connectivity index (χ0v) is 16.7. The molecule has 1 aromatic carbocycles. The van der Waals surface area contributed by atoms with Gasteiger partial charge in [0.05, 0.1) is 5.69 Å². The number of anilines is 2. The van der Waals surface area contributed by atoms with Gasteiger partial charge in [0, 0.05) is 36.6 Å². The molecule has 8 nitrogen and oxygen atoms in total. The van der Waals surface area contributed by atoms with Crippen LogP contribution in [-0.4, -0.2) is 39.0 Å². The number of amides is 1. The molecular formula is C22H24N6O2. The smallest absolute Gasteiger partial charge is 0.267 e. The third-order valence-electron chi connectivity index (χ3n) is 5.12. The number of aromatic nitrogens is 4. The molecule has 0 radical (unpaired) electrons. The second kappa shape index (κ2) is 9.30. The van der Waals surface area contributed by atoms with Crippen LogP contribution in [0.2, 0.25) is 0 Å². The van der Waals surface area contributed by atoms with E-state index in [1.807, 2.05) is 24.3 Å². The first-order valence-corrected chi connectivity index (χ1v) is 10.2. The van der Waals surface area contributed by atoms with Gasteiger partial charge in [0.15, 0.2) is 5.82 Å². The minimum Gasteiger partial charge on any atom is -0.355 e. The lowest BCUT2D eigenvalue weighted by Gasteiger charge is -2.20. The summed E-state index contributed by atoms with van der Waals surface area (Å²) in [6, 6.07) is 14.3. The Labute approximate surface area is 174 Å². The van der Waals surface area contributed by atoms with Crippen LogP contribution in [0, 0.1) is 0 Å². The molecule has 0 unspecified atom stereocenters. The Morgan fingerprint density at radius 1 is 0.933 bits per heavy atom. The average Bonchev–Trinajstić information content (AvgIpc) is 3.06. The summed E-state index contributed by atoms with van der Waals surface area (Å²) in [4.78, 5) is 26.1. The van der Waals surface area contributed by atoms with Gasteiger partial charge in [0.1, 0.15) is 6.54 Å². The molecule has 2 aromatic heterocycles. The van der Waals surface area contributed by atoms with Gasteiger partial charge in [-0.3, -0.25) is 9.59 Å². The molecule has 1 aliphatic rings. The fraction of sp³-hybridized carbons (Fsp3) is 0.318. The van der Waals surface area contributed by atoms with Crippen molar-refractivity contribution in [1.29, 1.82) is 0 Å². The molecule has 30 heavy (non-hydrogen) atoms. The minimum atomic E-state index is -0.315. The highest BCUT2D eigenvalue weighted by Gasteiger charge is 2.12. The zero-order valence-electron chi connectivity index (χ0n) is 16.7. The maximum Gasteiger partial charge on any atom is 0.267 e. The van der Waals surface area contributed by atoms with Crippen LogP contribution in [0.3, 0.4) is 0 Å². The normalized spacial score (nSPS) is 14.2. The Bertz CT molecular complexity index is 1040. The molecule has 0 saturated carbocycles. The van der Waals surface area contributed by atoms with Crippen molar-refractivity contribution < 1.29 is 4.79 Å². The standard InChI is InChI=1S/C22H24N6O2/c29-21(16-28-22(30)6-5-13-23-28)24-18-9-7-17(8-10-18)19-11-12-20(26-25-19)27-14-3-1-2-4-15-27/h5-13H,1-4,14-16H2,(H,24,29). The monoisotopic (exact) mass is 404 g/mol. The molecule has 1 saturated heterocycles. The molecule has 1 fully saturated rings. The molecule has 8 heteroatoms. The van der Waals surface area contributed by atoms with E-state index in [0.29, 0.717) is 5.69 Å². The molecule has 0 spiro atoms. The van der Waals surface area contributed by atoms with Crippen LogP contribution in [-0.2, 0) is 11.3 Å². The van der Waals surface area contributed by atoms with E-state index in [1.165, 1.54) is 37.9 Å². The van der Waals surface area contributed by atoms with Crippen molar-refractivity contribution in [3.8, 4) is 11.3 Å². The van der Waals surface area contributed by atoms with Gasteiger partial charge in [-0.05, 0) is 43.2 Å². The Morgan fingerprint density at radius 2 is 1.70 bits per heavy atom. The number of nitrogens with zero attached hydrogens (tertiary/aromatic N) is 5. The van der Waals surface area contributed by atoms with Gasteiger partial charge in [0.2, 0.25) is 5.91 Å². The van der Waals surface area contributed by atoms with Gasteiger partial charge >= 0.3 is 0 Å². The van der Waals surface area contributed by atoms with Crippen LogP contribution in [0.15, 0.2) is 59.5 Å². The van der Waals surface area contributed by atoms with Crippen LogP contribution in [0.5, 0.6) is 0 Å². The molecular weight excluding hydrogens is 380 g/mol. The third-order valence-corrected chi connectivity index (χ3v) is 5.12. The van der Waals surface area contributed by atoms with E-state index in [1.54, 1.807) is 18.2 Å². The maximum atomic E-state index is 12.2. The average molecular weight is 404 g/mol. The van der Waals surface area contributed by atoms with Crippen LogP contribution >= 0.6 is 0 Å². The molecule has 1 aliphatic heterocycles. The van der Waals surface area contributed by atoms with E-state index in [9.17, 15) is 9.59 Å². The summed E-state index contributed by atoms with van der Waals surface area (Å²) in [5.41, 5.74) is 2.03. The van der Waals surface area contributed by atoms with Crippen molar-refractivity contribution in [3.63, 3.8) is 0 Å². The predicted molar refractivity (Wildman–Crippen MR) is 115 cm³/mol. The number of hydrogen-bond donors (Lipinski definition) is 1. The number of benzene rings is 1. The van der Waals surface area contributed by atoms with Crippen molar-refractivity contribution in [1.82, 2.24) is 20.0 Å². The van der Waals surface area contributed by atoms with Gasteiger partial charge in [-0.15, -0.1) is 10.2 Å². The first-order valence-electron chi connectivity index (χ1n) is 10.2. The Kier molecular flexibility index (Phi) is 6.12. The van der Waals surface area contributed by atoms with Gasteiger partial charge in [-0.1, -0.05) is 25.0 Å². The Hall–Kier alpha value is -3.55. The van der Waals surface area contributed by atoms with Crippen molar-refractivity contribution in [3.05, 3.63) is 65.1 Å². The van der Waals surface area contributed by atoms with Crippen molar-refractivity contribution in [2.24, 2.45) is 0 Å². The fourth-order valence-electron chi connectivity index (χ4n) is 3.51. The minimum absolute atomic E-state index is 0.134. The lowest BCUT2D eigenvalue weighted by molar-refractivity contribution is -0.117. The predicted octanol–water partition coefficient (Wildman–Crippen LogP) is 2.72. The van der Waals surface area contributed by atoms with Gasteiger partial charge in [-0.2, -0.15) is 5.10 Å². The number of carbonyl (C=O) groups excluding carboxylic acids is 1. The zero-order chi connectivity index (χ0) is 20.8. The number of carbonyl (C=O) groups is 1. The summed E-state index contributed by atoms with van der Waals surface area (Å²) in [6.45, 7) is 1.94. The van der Waals surface area contributed by atoms with Gasteiger partial charge < -0.3 is 10.2 Å². The molecule has 0 atom stereocenters. The number of rotatable bonds is 5. The third kappa shape index (κ3) is 4.89. The van der Waals surface area contributed by atoms with Crippen molar-refractivity contribution in [2.75, 3.05) is 23.3 Å². The SMILES string of the molecule is O=C(Cn1ncccc1=O)Nc1ccc(-c2ccc(N3CCCCCC3)nn2)cc1. The fourth-order valence-corrected chi connectivity index (χ4v) is 3.51. The van der Waals surface area contributed by atoms with Gasteiger partial charge in [-0.25, -0.2) is 4.68 Å². The van der Waals surface area contributed by atoms with E-state index in [4.69, 9.17) is 0 Å². The Balaban J connectivity index is 1.39. The number of hydrogen-bond acceptors (Lipinski definition) is 6. The highest BCUT2D eigenvalue weighted by Crippen LogP contribution is 2.22. The molecule has 3 aromatic rings. The molecule has 1 N–H and O–H groups in total. The molecule has 3 heterocycles. The molecule has 4 rings (SSSR count). The van der Waals surface area contributed by atoms with Crippen molar-refractivity contribution >= 4 is 17.4 Å². The van der Waals surface area contributed by atoms with Crippen LogP contribution in [0.4, 0.5) is 11.5 Å². The first-order chi connectivity index (χ1) is 14.7. The topological polar surface area (TPSA) is 93.0 Å². The quantitative estimate of drug-likeness (QED) is 0.703. The van der Waals surface area contributed by atoms with E-state index in [2.05, 4.69) is 25.5 Å². The van der Waals surface area contributed by atoms with E-state index in [-0.39, 0.29) is 18.0 Å². The van der Waals surface area contributed by atoms with E-state index >= 15 is 0 Å². The van der Waals surface area contributed by atoms with Crippen LogP contribution in [0.25, 0.3) is 11.3 Å². The number of nitrogens with one attached hydrogen (secondary N) is 1. The van der Waals surface area contributed by atoms with Crippen LogP contribution < -0.4 is 15.8 Å². The largest absolute Gasteiger partial charge is 0.355 e. The summed E-state index contributed by atoms with van der Waals surface area (Å²) < 4.78 is 1.12. The maximum absolute atomic E-state index is 12.2. The second-order valence-corrected chi connectivity index (χ2v) is 7.32. The summed E-state index contributed by atoms with van der Waals surface area (Å²) in [7, 11) is 0. The molecule has 0 bridgehead atoms. The second-order valence-electron chi connectivity index (χ2n) is 7.32. The van der Waals surface area contributed by atoms with Crippen molar-refractivity contribution in [2.45, 2.75) is 32.2 Å². The Morgan fingerprint density at radius 3 is 2.37 bits per heavy atom. The summed E-state index contributed by atoms with van der Waals surface area (Å²) in [5, 5.41) is 15.5. The summed E-state index contributed by atoms with van der Waals surface area (Å²) in [6.07, 6.45) is 6.44. The highest BCUT2D eigenvalue weighted by molar-refractivity contribution is 5.90. The van der Waals surface area contributed by atoms with Gasteiger partial charge in [0.25, 0.3) is 5.56 Å². The lowest BCUT2D eigenvalue weighted by Crippen LogP contribution is -2.28. The summed E-state index contributed by atoms with van der Waals surface area (Å²) >= 11 is 0. The molecule has 1 amide bonds. The molecule has 154 valence electrons. The lowest BCUT2D eigenvalue weighted by atomic mass is 10.1. The summed E-state index contributed by atoms with van der Waals surface area (Å²) in [5.74, 6) is 0.611. The molecule has 0 aliphatic carbocycles. The van der Waals surface area contributed by atoms with Crippen LogP contribution in [0.1, 0.15) is 25.7 Å². The van der Waals surface area contributed by atoms with E-state index in [0.717, 1.165) is 34.8 Å². The van der Waals surface area contributed by atoms with E-state index < -0.39 is 0 Å². The highest BCUT2D eigenvalue weighted by atomic mass is 16.2. The first kappa shape index (κ1) is 19.8.